The Morgan fingerprint density at radius 3 is 2.32 bits per heavy atom. The summed E-state index contributed by atoms with van der Waals surface area (Å²) in [5.74, 6) is -0.250. The number of hydrogen-bond acceptors (Lipinski definition) is 6. The molecule has 3 heterocycles. The molecular formula is C15H21N5O4S. The van der Waals surface area contributed by atoms with Gasteiger partial charge in [-0.05, 0) is 12.1 Å². The Kier molecular flexibility index (Phi) is 4.31. The number of piperazine rings is 1. The minimum atomic E-state index is -3.32. The van der Waals surface area contributed by atoms with Crippen LogP contribution in [-0.2, 0) is 9.84 Å². The van der Waals surface area contributed by atoms with Crippen molar-refractivity contribution in [2.45, 2.75) is 12.1 Å². The average Bonchev–Trinajstić information content (AvgIpc) is 2.88. The van der Waals surface area contributed by atoms with E-state index < -0.39 is 21.9 Å². The van der Waals surface area contributed by atoms with Crippen LogP contribution in [0.3, 0.4) is 0 Å². The van der Waals surface area contributed by atoms with Crippen molar-refractivity contribution in [1.29, 1.82) is 0 Å². The lowest BCUT2D eigenvalue weighted by atomic mass is 10.0. The number of carbonyl (C=O) groups excluding carboxylic acids is 2. The number of anilines is 1. The molecule has 2 saturated heterocycles. The molecule has 0 radical (unpaired) electrons. The fourth-order valence-electron chi connectivity index (χ4n) is 3.40. The van der Waals surface area contributed by atoms with Gasteiger partial charge in [-0.1, -0.05) is 0 Å². The number of nitrogens with two attached hydrogens (primary N) is 1. The molecule has 1 aromatic rings. The van der Waals surface area contributed by atoms with Crippen LogP contribution >= 0.6 is 0 Å². The number of fused-ring (bicyclic) bond motifs is 1. The normalized spacial score (nSPS) is 24.7. The minimum Gasteiger partial charge on any atom is -0.384 e. The number of rotatable bonds is 1. The zero-order valence-electron chi connectivity index (χ0n) is 14.1. The van der Waals surface area contributed by atoms with Crippen molar-refractivity contribution in [3.05, 3.63) is 23.9 Å². The number of sulfone groups is 1. The van der Waals surface area contributed by atoms with Gasteiger partial charge >= 0.3 is 6.03 Å². The van der Waals surface area contributed by atoms with Gasteiger partial charge in [0.1, 0.15) is 5.82 Å². The fourth-order valence-corrected chi connectivity index (χ4v) is 5.38. The zero-order chi connectivity index (χ0) is 18.4. The molecule has 0 aromatic carbocycles. The number of aromatic nitrogens is 1. The summed E-state index contributed by atoms with van der Waals surface area (Å²) in [6, 6.07) is 1.78. The van der Waals surface area contributed by atoms with Crippen molar-refractivity contribution >= 4 is 27.6 Å². The highest BCUT2D eigenvalue weighted by Crippen LogP contribution is 2.28. The summed E-state index contributed by atoms with van der Waals surface area (Å²) >= 11 is 0. The molecule has 136 valence electrons. The molecule has 0 saturated carbocycles. The molecule has 2 N–H and O–H groups in total. The van der Waals surface area contributed by atoms with E-state index >= 15 is 0 Å². The first-order chi connectivity index (χ1) is 11.7. The van der Waals surface area contributed by atoms with Crippen LogP contribution < -0.4 is 5.73 Å². The van der Waals surface area contributed by atoms with Gasteiger partial charge < -0.3 is 20.4 Å². The molecule has 1 aromatic heterocycles. The van der Waals surface area contributed by atoms with Gasteiger partial charge in [0.05, 0.1) is 29.2 Å². The van der Waals surface area contributed by atoms with Gasteiger partial charge in [-0.25, -0.2) is 18.2 Å². The van der Waals surface area contributed by atoms with Gasteiger partial charge in [0.2, 0.25) is 0 Å². The third kappa shape index (κ3) is 3.26. The summed E-state index contributed by atoms with van der Waals surface area (Å²) < 4.78 is 24.3. The van der Waals surface area contributed by atoms with Crippen LogP contribution in [0.2, 0.25) is 0 Å². The van der Waals surface area contributed by atoms with Crippen molar-refractivity contribution in [1.82, 2.24) is 19.7 Å². The van der Waals surface area contributed by atoms with Crippen LogP contribution in [0.15, 0.2) is 18.3 Å². The van der Waals surface area contributed by atoms with Crippen molar-refractivity contribution in [3.63, 3.8) is 0 Å². The van der Waals surface area contributed by atoms with Gasteiger partial charge in [-0.15, -0.1) is 0 Å². The number of nitrogen functional groups attached to an aromatic ring is 1. The first kappa shape index (κ1) is 17.5. The lowest BCUT2D eigenvalue weighted by Gasteiger charge is -2.44. The largest absolute Gasteiger partial charge is 0.384 e. The molecule has 25 heavy (non-hydrogen) atoms. The predicted molar refractivity (Wildman–Crippen MR) is 91.7 cm³/mol. The highest BCUT2D eigenvalue weighted by atomic mass is 32.2. The van der Waals surface area contributed by atoms with Gasteiger partial charge in [0, 0.05) is 33.4 Å². The van der Waals surface area contributed by atoms with Crippen LogP contribution in [0.4, 0.5) is 10.6 Å². The maximum Gasteiger partial charge on any atom is 0.319 e. The molecule has 10 heteroatoms. The van der Waals surface area contributed by atoms with Crippen molar-refractivity contribution < 1.29 is 18.0 Å². The fraction of sp³-hybridized carbons (Fsp3) is 0.533. The standard InChI is InChI=1S/C15H21N5O4S/c1-18(2)15(22)20-6-5-19(11-8-25(23,24)9-12(11)20)14(21)10-3-4-13(16)17-7-10/h3-4,7,11-12H,5-6,8-9H2,1-2H3,(H2,16,17)/t11-,12+/m1/s1. The van der Waals surface area contributed by atoms with Gasteiger partial charge in [-0.3, -0.25) is 4.79 Å². The summed E-state index contributed by atoms with van der Waals surface area (Å²) in [6.45, 7) is 0.571. The number of amides is 3. The van der Waals surface area contributed by atoms with E-state index in [0.29, 0.717) is 17.9 Å². The van der Waals surface area contributed by atoms with Crippen LogP contribution in [0.5, 0.6) is 0 Å². The molecule has 0 aliphatic carbocycles. The van der Waals surface area contributed by atoms with Crippen molar-refractivity contribution in [3.8, 4) is 0 Å². The highest BCUT2D eigenvalue weighted by molar-refractivity contribution is 7.91. The molecular weight excluding hydrogens is 346 g/mol. The van der Waals surface area contributed by atoms with Crippen molar-refractivity contribution in [2.24, 2.45) is 0 Å². The van der Waals surface area contributed by atoms with Crippen molar-refractivity contribution in [2.75, 3.05) is 44.4 Å². The number of urea groups is 1. The molecule has 2 fully saturated rings. The van der Waals surface area contributed by atoms with E-state index in [-0.39, 0.29) is 30.0 Å². The van der Waals surface area contributed by atoms with E-state index in [4.69, 9.17) is 5.73 Å². The summed E-state index contributed by atoms with van der Waals surface area (Å²) in [5, 5.41) is 0. The first-order valence-corrected chi connectivity index (χ1v) is 9.72. The maximum absolute atomic E-state index is 12.8. The van der Waals surface area contributed by atoms with E-state index in [1.807, 2.05) is 0 Å². The van der Waals surface area contributed by atoms with Gasteiger partial charge in [0.15, 0.2) is 9.84 Å². The molecule has 9 nitrogen and oxygen atoms in total. The summed E-state index contributed by atoms with van der Waals surface area (Å²) in [6.07, 6.45) is 1.38. The molecule has 3 amide bonds. The van der Waals surface area contributed by atoms with Crippen LogP contribution in [0, 0.1) is 0 Å². The molecule has 0 bridgehead atoms. The maximum atomic E-state index is 12.8. The van der Waals surface area contributed by atoms with Crippen LogP contribution in [0.25, 0.3) is 0 Å². The summed E-state index contributed by atoms with van der Waals surface area (Å²) in [5.41, 5.74) is 5.89. The lowest BCUT2D eigenvalue weighted by molar-refractivity contribution is 0.0393. The number of pyridine rings is 1. The molecule has 2 atom stereocenters. The summed E-state index contributed by atoms with van der Waals surface area (Å²) in [7, 11) is -0.0715. The monoisotopic (exact) mass is 367 g/mol. The minimum absolute atomic E-state index is 0.124. The Balaban J connectivity index is 1.89. The van der Waals surface area contributed by atoms with E-state index in [0.717, 1.165) is 0 Å². The number of hydrogen-bond donors (Lipinski definition) is 1. The smallest absolute Gasteiger partial charge is 0.319 e. The Morgan fingerprint density at radius 2 is 1.76 bits per heavy atom. The second kappa shape index (κ2) is 6.17. The predicted octanol–water partition coefficient (Wildman–Crippen LogP) is -0.731. The zero-order valence-corrected chi connectivity index (χ0v) is 14.9. The third-order valence-corrected chi connectivity index (χ3v) is 6.30. The van der Waals surface area contributed by atoms with E-state index in [2.05, 4.69) is 4.98 Å². The molecule has 0 unspecified atom stereocenters. The quantitative estimate of drug-likeness (QED) is 0.699. The Labute approximate surface area is 146 Å². The topological polar surface area (TPSA) is 117 Å². The molecule has 2 aliphatic heterocycles. The second-order valence-corrected chi connectivity index (χ2v) is 8.71. The highest BCUT2D eigenvalue weighted by Gasteiger charge is 2.49. The first-order valence-electron chi connectivity index (χ1n) is 7.90. The third-order valence-electron chi connectivity index (χ3n) is 4.60. The van der Waals surface area contributed by atoms with Gasteiger partial charge in [0.25, 0.3) is 5.91 Å². The number of carbonyl (C=O) groups is 2. The molecule has 0 spiro atoms. The molecule has 2 aliphatic rings. The Morgan fingerprint density at radius 1 is 1.16 bits per heavy atom. The van der Waals surface area contributed by atoms with E-state index in [9.17, 15) is 18.0 Å². The Bertz CT molecular complexity index is 793. The number of nitrogens with zero attached hydrogens (tertiary/aromatic N) is 4. The second-order valence-electron chi connectivity index (χ2n) is 6.55. The average molecular weight is 367 g/mol. The van der Waals surface area contributed by atoms with Crippen LogP contribution in [0.1, 0.15) is 10.4 Å². The van der Waals surface area contributed by atoms with E-state index in [1.54, 1.807) is 30.0 Å². The van der Waals surface area contributed by atoms with E-state index in [1.165, 1.54) is 17.2 Å². The molecule has 3 rings (SSSR count). The SMILES string of the molecule is CN(C)C(=O)N1CCN(C(=O)c2ccc(N)nc2)[C@@H]2CS(=O)(=O)C[C@@H]21. The van der Waals surface area contributed by atoms with Crippen LogP contribution in [-0.4, -0.2) is 90.8 Å². The Hall–Kier alpha value is -2.36. The summed E-state index contributed by atoms with van der Waals surface area (Å²) in [4.78, 5) is 33.6. The lowest BCUT2D eigenvalue weighted by Crippen LogP contribution is -2.63. The van der Waals surface area contributed by atoms with Gasteiger partial charge in [-0.2, -0.15) is 0 Å².